The zero-order valence-electron chi connectivity index (χ0n) is 7.57. The Morgan fingerprint density at radius 3 is 2.79 bits per heavy atom. The van der Waals surface area contributed by atoms with Gasteiger partial charge < -0.3 is 0 Å². The third-order valence-corrected chi connectivity index (χ3v) is 2.68. The van der Waals surface area contributed by atoms with Gasteiger partial charge in [0, 0.05) is 16.7 Å². The highest BCUT2D eigenvalue weighted by molar-refractivity contribution is 6.30. The van der Waals surface area contributed by atoms with Crippen LogP contribution in [0.3, 0.4) is 0 Å². The van der Waals surface area contributed by atoms with Gasteiger partial charge in [0.05, 0.1) is 4.92 Å². The first kappa shape index (κ1) is 9.46. The Balaban J connectivity index is 2.31. The number of rotatable bonds is 3. The van der Waals surface area contributed by atoms with Crippen LogP contribution >= 0.6 is 11.6 Å². The Labute approximate surface area is 86.8 Å². The van der Waals surface area contributed by atoms with Crippen LogP contribution in [0.25, 0.3) is 0 Å². The van der Waals surface area contributed by atoms with E-state index in [0.717, 1.165) is 12.0 Å². The maximum Gasteiger partial charge on any atom is 0.272 e. The molecule has 3 nitrogen and oxygen atoms in total. The highest BCUT2D eigenvalue weighted by atomic mass is 35.5. The Hall–Kier alpha value is -1.09. The SMILES string of the molecule is O=[N+]([O-])c1ccc(Cl)cc1CC1CC1. The van der Waals surface area contributed by atoms with Gasteiger partial charge in [-0.05, 0) is 37.3 Å². The second-order valence-corrected chi connectivity index (χ2v) is 4.11. The van der Waals surface area contributed by atoms with Crippen molar-refractivity contribution in [2.75, 3.05) is 0 Å². The number of nitro benzene ring substituents is 1. The van der Waals surface area contributed by atoms with E-state index in [9.17, 15) is 10.1 Å². The average Bonchev–Trinajstić information content (AvgIpc) is 2.87. The minimum Gasteiger partial charge on any atom is -0.258 e. The summed E-state index contributed by atoms with van der Waals surface area (Å²) in [5.41, 5.74) is 0.964. The highest BCUT2D eigenvalue weighted by Crippen LogP contribution is 2.35. The number of hydrogen-bond donors (Lipinski definition) is 0. The molecule has 0 saturated heterocycles. The fourth-order valence-corrected chi connectivity index (χ4v) is 1.72. The van der Waals surface area contributed by atoms with Crippen LogP contribution in [0, 0.1) is 16.0 Å². The van der Waals surface area contributed by atoms with Crippen molar-refractivity contribution in [2.24, 2.45) is 5.92 Å². The minimum atomic E-state index is -0.339. The minimum absolute atomic E-state index is 0.196. The summed E-state index contributed by atoms with van der Waals surface area (Å²) in [7, 11) is 0. The van der Waals surface area contributed by atoms with Crippen molar-refractivity contribution in [1.29, 1.82) is 0 Å². The molecule has 0 aromatic heterocycles. The fraction of sp³-hybridized carbons (Fsp3) is 0.400. The van der Waals surface area contributed by atoms with Gasteiger partial charge in [-0.2, -0.15) is 0 Å². The van der Waals surface area contributed by atoms with Gasteiger partial charge in [-0.15, -0.1) is 0 Å². The molecule has 0 aliphatic heterocycles. The molecule has 1 aromatic rings. The Morgan fingerprint density at radius 1 is 1.50 bits per heavy atom. The zero-order chi connectivity index (χ0) is 10.1. The fourth-order valence-electron chi connectivity index (χ4n) is 1.53. The molecule has 0 radical (unpaired) electrons. The van der Waals surface area contributed by atoms with Crippen molar-refractivity contribution in [3.63, 3.8) is 0 Å². The molecule has 1 aliphatic rings. The number of nitrogens with zero attached hydrogens (tertiary/aromatic N) is 1. The molecule has 14 heavy (non-hydrogen) atoms. The lowest BCUT2D eigenvalue weighted by atomic mass is 10.1. The molecule has 0 N–H and O–H groups in total. The van der Waals surface area contributed by atoms with Gasteiger partial charge in [0.25, 0.3) is 5.69 Å². The van der Waals surface area contributed by atoms with Crippen LogP contribution in [0.2, 0.25) is 5.02 Å². The quantitative estimate of drug-likeness (QED) is 0.569. The standard InChI is InChI=1S/C10H10ClNO2/c11-9-3-4-10(12(13)14)8(6-9)5-7-1-2-7/h3-4,6-7H,1-2,5H2. The van der Waals surface area contributed by atoms with E-state index in [-0.39, 0.29) is 10.6 Å². The van der Waals surface area contributed by atoms with Crippen LogP contribution in [0.15, 0.2) is 18.2 Å². The summed E-state index contributed by atoms with van der Waals surface area (Å²) < 4.78 is 0. The van der Waals surface area contributed by atoms with E-state index in [0.29, 0.717) is 10.9 Å². The van der Waals surface area contributed by atoms with Crippen molar-refractivity contribution >= 4 is 17.3 Å². The molecular weight excluding hydrogens is 202 g/mol. The summed E-state index contributed by atoms with van der Waals surface area (Å²) in [5.74, 6) is 0.632. The molecule has 1 aliphatic carbocycles. The third kappa shape index (κ3) is 2.04. The van der Waals surface area contributed by atoms with E-state index < -0.39 is 0 Å². The van der Waals surface area contributed by atoms with E-state index in [1.54, 1.807) is 12.1 Å². The van der Waals surface area contributed by atoms with Gasteiger partial charge in [-0.25, -0.2) is 0 Å². The maximum absolute atomic E-state index is 10.7. The normalized spacial score (nSPS) is 15.5. The first-order valence-electron chi connectivity index (χ1n) is 4.59. The molecule has 1 saturated carbocycles. The van der Waals surface area contributed by atoms with Crippen molar-refractivity contribution < 1.29 is 4.92 Å². The summed E-state index contributed by atoms with van der Waals surface area (Å²) in [5, 5.41) is 11.3. The zero-order valence-corrected chi connectivity index (χ0v) is 8.33. The van der Waals surface area contributed by atoms with Crippen LogP contribution < -0.4 is 0 Å². The van der Waals surface area contributed by atoms with E-state index >= 15 is 0 Å². The molecule has 0 atom stereocenters. The van der Waals surface area contributed by atoms with Crippen LogP contribution in [0.5, 0.6) is 0 Å². The molecule has 2 rings (SSSR count). The predicted octanol–water partition coefficient (Wildman–Crippen LogP) is 3.20. The molecule has 0 spiro atoms. The largest absolute Gasteiger partial charge is 0.272 e. The predicted molar refractivity (Wildman–Crippen MR) is 54.5 cm³/mol. The first-order chi connectivity index (χ1) is 6.66. The lowest BCUT2D eigenvalue weighted by molar-refractivity contribution is -0.385. The van der Waals surface area contributed by atoms with Gasteiger partial charge in [0.2, 0.25) is 0 Å². The molecule has 74 valence electrons. The number of nitro groups is 1. The van der Waals surface area contributed by atoms with Gasteiger partial charge in [0.1, 0.15) is 0 Å². The molecule has 1 fully saturated rings. The van der Waals surface area contributed by atoms with Crippen LogP contribution in [0.4, 0.5) is 5.69 Å². The Morgan fingerprint density at radius 2 is 2.21 bits per heavy atom. The Bertz CT molecular complexity index is 374. The second kappa shape index (κ2) is 3.58. The Kier molecular flexibility index (Phi) is 2.42. The molecule has 0 amide bonds. The summed E-state index contributed by atoms with van der Waals surface area (Å²) in [6, 6.07) is 4.76. The van der Waals surface area contributed by atoms with Crippen molar-refractivity contribution in [2.45, 2.75) is 19.3 Å². The van der Waals surface area contributed by atoms with Gasteiger partial charge in [-0.3, -0.25) is 10.1 Å². The van der Waals surface area contributed by atoms with E-state index in [1.165, 1.54) is 18.9 Å². The van der Waals surface area contributed by atoms with E-state index in [1.807, 2.05) is 0 Å². The molecule has 4 heteroatoms. The highest BCUT2D eigenvalue weighted by Gasteiger charge is 2.25. The van der Waals surface area contributed by atoms with Gasteiger partial charge >= 0.3 is 0 Å². The molecule has 1 aromatic carbocycles. The lowest BCUT2D eigenvalue weighted by Gasteiger charge is -2.01. The third-order valence-electron chi connectivity index (χ3n) is 2.44. The molecule has 0 unspecified atom stereocenters. The van der Waals surface area contributed by atoms with Crippen LogP contribution in [-0.2, 0) is 6.42 Å². The van der Waals surface area contributed by atoms with Gasteiger partial charge in [0.15, 0.2) is 0 Å². The summed E-state index contributed by atoms with van der Waals surface area (Å²) in [4.78, 5) is 10.4. The number of benzene rings is 1. The monoisotopic (exact) mass is 211 g/mol. The summed E-state index contributed by atoms with van der Waals surface area (Å²) in [6.45, 7) is 0. The van der Waals surface area contributed by atoms with Crippen LogP contribution in [-0.4, -0.2) is 4.92 Å². The lowest BCUT2D eigenvalue weighted by Crippen LogP contribution is -1.96. The number of hydrogen-bond acceptors (Lipinski definition) is 2. The maximum atomic E-state index is 10.7. The average molecular weight is 212 g/mol. The smallest absolute Gasteiger partial charge is 0.258 e. The first-order valence-corrected chi connectivity index (χ1v) is 4.97. The topological polar surface area (TPSA) is 43.1 Å². The molecular formula is C10H10ClNO2. The summed E-state index contributed by atoms with van der Waals surface area (Å²) >= 11 is 5.80. The molecule has 0 bridgehead atoms. The van der Waals surface area contributed by atoms with Crippen LogP contribution in [0.1, 0.15) is 18.4 Å². The van der Waals surface area contributed by atoms with E-state index in [4.69, 9.17) is 11.6 Å². The molecule has 0 heterocycles. The van der Waals surface area contributed by atoms with Crippen molar-refractivity contribution in [1.82, 2.24) is 0 Å². The van der Waals surface area contributed by atoms with E-state index in [2.05, 4.69) is 0 Å². The second-order valence-electron chi connectivity index (χ2n) is 3.68. The van der Waals surface area contributed by atoms with Crippen molar-refractivity contribution in [3.8, 4) is 0 Å². The van der Waals surface area contributed by atoms with Gasteiger partial charge in [-0.1, -0.05) is 11.6 Å². The van der Waals surface area contributed by atoms with Crippen molar-refractivity contribution in [3.05, 3.63) is 38.9 Å². The summed E-state index contributed by atoms with van der Waals surface area (Å²) in [6.07, 6.45) is 3.16. The number of halogens is 1.